The van der Waals surface area contributed by atoms with Crippen LogP contribution in [0.15, 0.2) is 35.5 Å². The van der Waals surface area contributed by atoms with Gasteiger partial charge in [0.25, 0.3) is 0 Å². The Hall–Kier alpha value is -2.33. The van der Waals surface area contributed by atoms with Crippen LogP contribution in [0.3, 0.4) is 0 Å². The lowest BCUT2D eigenvalue weighted by Gasteiger charge is -2.28. The van der Waals surface area contributed by atoms with Crippen LogP contribution in [0.2, 0.25) is 0 Å². The van der Waals surface area contributed by atoms with Crippen molar-refractivity contribution in [3.05, 3.63) is 30.3 Å². The fourth-order valence-corrected chi connectivity index (χ4v) is 3.25. The van der Waals surface area contributed by atoms with Gasteiger partial charge in [0.2, 0.25) is 5.91 Å². The number of nitrogens with one attached hydrogen (secondary N) is 1. The first-order valence-electron chi connectivity index (χ1n) is 8.71. The molecule has 0 aliphatic carbocycles. The first kappa shape index (κ1) is 20.0. The van der Waals surface area contributed by atoms with Crippen molar-refractivity contribution in [1.82, 2.24) is 20.1 Å². The van der Waals surface area contributed by atoms with Gasteiger partial charge in [-0.25, -0.2) is 0 Å². The first-order valence-corrected chi connectivity index (χ1v) is 9.59. The Balaban J connectivity index is 2.17. The van der Waals surface area contributed by atoms with E-state index in [0.29, 0.717) is 11.7 Å². The molecule has 1 aromatic carbocycles. The highest BCUT2D eigenvalue weighted by Crippen LogP contribution is 2.27. The lowest BCUT2D eigenvalue weighted by Crippen LogP contribution is -2.51. The van der Waals surface area contributed by atoms with Gasteiger partial charge in [-0.2, -0.15) is 5.26 Å². The predicted octanol–water partition coefficient (Wildman–Crippen LogP) is 3.50. The number of nitrogens with zero attached hydrogens (tertiary/aromatic N) is 4. The number of amides is 1. The maximum absolute atomic E-state index is 12.6. The van der Waals surface area contributed by atoms with Crippen LogP contribution >= 0.6 is 11.8 Å². The second-order valence-electron chi connectivity index (χ2n) is 6.63. The van der Waals surface area contributed by atoms with Gasteiger partial charge in [-0.15, -0.1) is 10.2 Å². The van der Waals surface area contributed by atoms with Crippen molar-refractivity contribution in [2.45, 2.75) is 57.1 Å². The molecular formula is C19H25N5OS. The number of hydrogen-bond acceptors (Lipinski definition) is 5. The van der Waals surface area contributed by atoms with E-state index in [1.54, 1.807) is 6.92 Å². The Bertz CT molecular complexity index is 796. The zero-order chi connectivity index (χ0) is 19.3. The van der Waals surface area contributed by atoms with Crippen LogP contribution < -0.4 is 5.32 Å². The zero-order valence-electron chi connectivity index (χ0n) is 15.9. The molecule has 1 N–H and O–H groups in total. The molecule has 0 saturated carbocycles. The molecule has 0 fully saturated rings. The van der Waals surface area contributed by atoms with E-state index in [-0.39, 0.29) is 17.1 Å². The van der Waals surface area contributed by atoms with Crippen molar-refractivity contribution in [2.75, 3.05) is 0 Å². The van der Waals surface area contributed by atoms with Crippen molar-refractivity contribution in [3.8, 4) is 17.5 Å². The Morgan fingerprint density at radius 1 is 1.31 bits per heavy atom. The summed E-state index contributed by atoms with van der Waals surface area (Å²) in [6.07, 6.45) is 0. The zero-order valence-corrected chi connectivity index (χ0v) is 16.7. The Labute approximate surface area is 159 Å². The second kappa shape index (κ2) is 8.37. The minimum absolute atomic E-state index is 0.0117. The lowest BCUT2D eigenvalue weighted by molar-refractivity contribution is -0.121. The third-order valence-electron chi connectivity index (χ3n) is 4.49. The highest BCUT2D eigenvalue weighted by atomic mass is 32.2. The summed E-state index contributed by atoms with van der Waals surface area (Å²) in [5.74, 6) is 0.615. The van der Waals surface area contributed by atoms with E-state index in [0.717, 1.165) is 11.4 Å². The van der Waals surface area contributed by atoms with Crippen LogP contribution in [0, 0.1) is 17.2 Å². The number of hydrogen-bond donors (Lipinski definition) is 1. The molecular weight excluding hydrogens is 346 g/mol. The van der Waals surface area contributed by atoms with Gasteiger partial charge < -0.3 is 9.88 Å². The summed E-state index contributed by atoms with van der Waals surface area (Å²) < 4.78 is 2.00. The summed E-state index contributed by atoms with van der Waals surface area (Å²) in [4.78, 5) is 12.6. The summed E-state index contributed by atoms with van der Waals surface area (Å²) in [7, 11) is 0. The average molecular weight is 372 g/mol. The Morgan fingerprint density at radius 3 is 2.50 bits per heavy atom. The van der Waals surface area contributed by atoms with Gasteiger partial charge in [0, 0.05) is 12.1 Å². The van der Waals surface area contributed by atoms with Crippen molar-refractivity contribution in [2.24, 2.45) is 5.92 Å². The smallest absolute Gasteiger partial charge is 0.234 e. The maximum atomic E-state index is 12.6. The minimum atomic E-state index is -0.889. The van der Waals surface area contributed by atoms with Crippen LogP contribution in [0.25, 0.3) is 11.4 Å². The number of carbonyl (C=O) groups is 1. The molecule has 1 aromatic heterocycles. The van der Waals surface area contributed by atoms with Crippen LogP contribution in [0.1, 0.15) is 34.6 Å². The highest BCUT2D eigenvalue weighted by molar-refractivity contribution is 8.00. The second-order valence-corrected chi connectivity index (χ2v) is 7.94. The molecule has 0 aliphatic heterocycles. The summed E-state index contributed by atoms with van der Waals surface area (Å²) in [6.45, 7) is 10.1. The van der Waals surface area contributed by atoms with Gasteiger partial charge in [0.05, 0.1) is 11.3 Å². The molecule has 0 aliphatic rings. The van der Waals surface area contributed by atoms with Gasteiger partial charge in [-0.05, 0) is 26.7 Å². The van der Waals surface area contributed by atoms with Gasteiger partial charge in [-0.3, -0.25) is 4.79 Å². The largest absolute Gasteiger partial charge is 0.337 e. The van der Waals surface area contributed by atoms with Crippen molar-refractivity contribution in [3.63, 3.8) is 0 Å². The van der Waals surface area contributed by atoms with Gasteiger partial charge in [0.1, 0.15) is 5.54 Å². The summed E-state index contributed by atoms with van der Waals surface area (Å²) in [6, 6.07) is 12.1. The number of nitriles is 1. The molecule has 1 amide bonds. The highest BCUT2D eigenvalue weighted by Gasteiger charge is 2.32. The predicted molar refractivity (Wildman–Crippen MR) is 103 cm³/mol. The fourth-order valence-electron chi connectivity index (χ4n) is 2.33. The Morgan fingerprint density at radius 2 is 1.96 bits per heavy atom. The van der Waals surface area contributed by atoms with E-state index in [4.69, 9.17) is 0 Å². The van der Waals surface area contributed by atoms with Crippen molar-refractivity contribution < 1.29 is 4.79 Å². The molecule has 0 spiro atoms. The number of benzene rings is 1. The average Bonchev–Trinajstić information content (AvgIpc) is 3.04. The molecule has 0 radical (unpaired) electrons. The van der Waals surface area contributed by atoms with Gasteiger partial charge in [-0.1, -0.05) is 55.9 Å². The number of carbonyl (C=O) groups excluding carboxylic acids is 1. The molecule has 0 saturated heterocycles. The van der Waals surface area contributed by atoms with E-state index in [9.17, 15) is 10.1 Å². The normalized spacial score (nSPS) is 14.5. The standard InChI is InChI=1S/C19H25N5OS/c1-6-24-16(15-10-8-7-9-11-15)22-23-18(24)26-14(4)17(25)21-19(5,12-20)13(2)3/h7-11,13-14H,6H2,1-5H3,(H,21,25)/t14-,19+/m1/s1. The molecule has 2 rings (SSSR count). The van der Waals surface area contributed by atoms with Gasteiger partial charge in [0.15, 0.2) is 11.0 Å². The quantitative estimate of drug-likeness (QED) is 0.753. The lowest BCUT2D eigenvalue weighted by atomic mass is 9.90. The van der Waals surface area contributed by atoms with E-state index in [2.05, 4.69) is 21.6 Å². The van der Waals surface area contributed by atoms with E-state index < -0.39 is 5.54 Å². The monoisotopic (exact) mass is 371 g/mol. The molecule has 1 heterocycles. The van der Waals surface area contributed by atoms with E-state index >= 15 is 0 Å². The number of aromatic nitrogens is 3. The maximum Gasteiger partial charge on any atom is 0.234 e. The fraction of sp³-hybridized carbons (Fsp3) is 0.474. The van der Waals surface area contributed by atoms with Crippen LogP contribution in [0.4, 0.5) is 0 Å². The molecule has 2 atom stereocenters. The van der Waals surface area contributed by atoms with Crippen LogP contribution in [0.5, 0.6) is 0 Å². The van der Waals surface area contributed by atoms with Crippen molar-refractivity contribution in [1.29, 1.82) is 5.26 Å². The first-order chi connectivity index (χ1) is 12.3. The minimum Gasteiger partial charge on any atom is -0.337 e. The topological polar surface area (TPSA) is 83.6 Å². The van der Waals surface area contributed by atoms with E-state index in [1.165, 1.54) is 11.8 Å². The van der Waals surface area contributed by atoms with Gasteiger partial charge >= 0.3 is 0 Å². The van der Waals surface area contributed by atoms with Crippen molar-refractivity contribution >= 4 is 17.7 Å². The van der Waals surface area contributed by atoms with Crippen LogP contribution in [-0.2, 0) is 11.3 Å². The molecule has 0 unspecified atom stereocenters. The summed E-state index contributed by atoms with van der Waals surface area (Å²) in [5, 5.41) is 21.1. The number of thioether (sulfide) groups is 1. The number of rotatable bonds is 7. The molecule has 2 aromatic rings. The Kier molecular flexibility index (Phi) is 6.43. The molecule has 26 heavy (non-hydrogen) atoms. The molecule has 6 nitrogen and oxygen atoms in total. The third kappa shape index (κ3) is 4.25. The summed E-state index contributed by atoms with van der Waals surface area (Å²) >= 11 is 1.35. The SMILES string of the molecule is CCn1c(S[C@H](C)C(=O)N[C@@](C)(C#N)C(C)C)nnc1-c1ccccc1. The molecule has 7 heteroatoms. The summed E-state index contributed by atoms with van der Waals surface area (Å²) in [5.41, 5.74) is 0.0992. The molecule has 138 valence electrons. The van der Waals surface area contributed by atoms with E-state index in [1.807, 2.05) is 62.6 Å². The molecule has 0 bridgehead atoms. The van der Waals surface area contributed by atoms with Crippen LogP contribution in [-0.4, -0.2) is 31.5 Å². The third-order valence-corrected chi connectivity index (χ3v) is 5.57.